The Morgan fingerprint density at radius 3 is 2.56 bits per heavy atom. The molecule has 2 aromatic carbocycles. The summed E-state index contributed by atoms with van der Waals surface area (Å²) in [6.45, 7) is 2.11. The largest absolute Gasteiger partial charge is 0.486 e. The summed E-state index contributed by atoms with van der Waals surface area (Å²) >= 11 is 0. The van der Waals surface area contributed by atoms with Crippen LogP contribution in [0.15, 0.2) is 65.1 Å². The van der Waals surface area contributed by atoms with E-state index in [0.29, 0.717) is 11.5 Å². The number of ether oxygens (including phenoxy) is 1. The van der Waals surface area contributed by atoms with Crippen molar-refractivity contribution in [3.63, 3.8) is 0 Å². The first-order valence-electron chi connectivity index (χ1n) is 10.8. The SMILES string of the molecule is CC(NC(=O)NNC(=O)c1ccc(COc2ccccc2)o1)c1ccc2c(c1)CCCC2. The maximum atomic E-state index is 12.3. The van der Waals surface area contributed by atoms with E-state index in [0.717, 1.165) is 18.4 Å². The summed E-state index contributed by atoms with van der Waals surface area (Å²) in [6, 6.07) is 18.2. The molecule has 7 nitrogen and oxygen atoms in total. The van der Waals surface area contributed by atoms with Gasteiger partial charge in [0.2, 0.25) is 0 Å². The first-order chi connectivity index (χ1) is 15.6. The molecule has 0 aliphatic heterocycles. The minimum atomic E-state index is -0.549. The van der Waals surface area contributed by atoms with E-state index in [1.54, 1.807) is 6.07 Å². The maximum absolute atomic E-state index is 12.3. The van der Waals surface area contributed by atoms with Crippen molar-refractivity contribution in [3.8, 4) is 5.75 Å². The van der Waals surface area contributed by atoms with Crippen LogP contribution in [0.5, 0.6) is 5.75 Å². The van der Waals surface area contributed by atoms with Crippen LogP contribution in [0.4, 0.5) is 4.79 Å². The van der Waals surface area contributed by atoms with Gasteiger partial charge in [-0.2, -0.15) is 0 Å². The Morgan fingerprint density at radius 1 is 0.969 bits per heavy atom. The highest BCUT2D eigenvalue weighted by molar-refractivity contribution is 5.92. The summed E-state index contributed by atoms with van der Waals surface area (Å²) in [5.41, 5.74) is 8.53. The predicted molar refractivity (Wildman–Crippen MR) is 120 cm³/mol. The molecule has 0 saturated carbocycles. The smallest absolute Gasteiger partial charge is 0.333 e. The summed E-state index contributed by atoms with van der Waals surface area (Å²) in [7, 11) is 0. The molecule has 0 fully saturated rings. The van der Waals surface area contributed by atoms with E-state index in [-0.39, 0.29) is 18.4 Å². The third kappa shape index (κ3) is 5.49. The van der Waals surface area contributed by atoms with Gasteiger partial charge in [-0.25, -0.2) is 10.2 Å². The molecule has 0 radical (unpaired) electrons. The number of hydrogen-bond donors (Lipinski definition) is 3. The lowest BCUT2D eigenvalue weighted by Crippen LogP contribution is -2.47. The van der Waals surface area contributed by atoms with Gasteiger partial charge in [0.05, 0.1) is 6.04 Å². The van der Waals surface area contributed by atoms with Crippen molar-refractivity contribution in [1.82, 2.24) is 16.2 Å². The summed E-state index contributed by atoms with van der Waals surface area (Å²) < 4.78 is 11.1. The topological polar surface area (TPSA) is 92.6 Å². The molecule has 1 unspecified atom stereocenters. The van der Waals surface area contributed by atoms with Gasteiger partial charge in [0.15, 0.2) is 5.76 Å². The number of hydrazine groups is 1. The first-order valence-corrected chi connectivity index (χ1v) is 10.8. The Hall–Kier alpha value is -3.74. The van der Waals surface area contributed by atoms with Crippen LogP contribution < -0.4 is 20.9 Å². The number of fused-ring (bicyclic) bond motifs is 1. The molecule has 3 amide bonds. The Bertz CT molecular complexity index is 1080. The fourth-order valence-electron chi connectivity index (χ4n) is 3.76. The number of amides is 3. The van der Waals surface area contributed by atoms with Crippen molar-refractivity contribution in [2.75, 3.05) is 0 Å². The van der Waals surface area contributed by atoms with Gasteiger partial charge in [-0.05, 0) is 73.6 Å². The number of rotatable bonds is 6. The lowest BCUT2D eigenvalue weighted by atomic mass is 9.89. The number of hydrogen-bond acceptors (Lipinski definition) is 4. The third-order valence-corrected chi connectivity index (χ3v) is 5.52. The number of carbonyl (C=O) groups excluding carboxylic acids is 2. The van der Waals surface area contributed by atoms with Crippen molar-refractivity contribution >= 4 is 11.9 Å². The van der Waals surface area contributed by atoms with Crippen molar-refractivity contribution < 1.29 is 18.7 Å². The van der Waals surface area contributed by atoms with Gasteiger partial charge in [-0.15, -0.1) is 0 Å². The lowest BCUT2D eigenvalue weighted by Gasteiger charge is -2.20. The molecule has 0 bridgehead atoms. The van der Waals surface area contributed by atoms with Crippen LogP contribution in [0.25, 0.3) is 0 Å². The number of urea groups is 1. The van der Waals surface area contributed by atoms with Crippen LogP contribution in [-0.4, -0.2) is 11.9 Å². The molecule has 0 spiro atoms. The monoisotopic (exact) mass is 433 g/mol. The van der Waals surface area contributed by atoms with E-state index in [1.165, 1.54) is 30.0 Å². The Kier molecular flexibility index (Phi) is 6.75. The average Bonchev–Trinajstić information content (AvgIpc) is 3.31. The van der Waals surface area contributed by atoms with E-state index in [9.17, 15) is 9.59 Å². The molecule has 1 aromatic heterocycles. The molecule has 3 aromatic rings. The molecule has 1 heterocycles. The Morgan fingerprint density at radius 2 is 1.75 bits per heavy atom. The molecular weight excluding hydrogens is 406 g/mol. The minimum Gasteiger partial charge on any atom is -0.486 e. The Balaban J connectivity index is 1.24. The van der Waals surface area contributed by atoms with E-state index < -0.39 is 11.9 Å². The van der Waals surface area contributed by atoms with Gasteiger partial charge < -0.3 is 14.5 Å². The van der Waals surface area contributed by atoms with Crippen LogP contribution in [-0.2, 0) is 19.4 Å². The van der Waals surface area contributed by atoms with Crippen LogP contribution in [0.1, 0.15) is 58.8 Å². The number of aryl methyl sites for hydroxylation is 2. The molecule has 0 saturated heterocycles. The first kappa shape index (κ1) is 21.5. The molecule has 4 rings (SSSR count). The normalized spacial score (nSPS) is 13.5. The number of nitrogens with one attached hydrogen (secondary N) is 3. The van der Waals surface area contributed by atoms with Gasteiger partial charge in [-0.3, -0.25) is 10.2 Å². The van der Waals surface area contributed by atoms with E-state index in [1.807, 2.05) is 37.3 Å². The highest BCUT2D eigenvalue weighted by atomic mass is 16.5. The van der Waals surface area contributed by atoms with Gasteiger partial charge in [0.1, 0.15) is 18.1 Å². The van der Waals surface area contributed by atoms with Crippen LogP contribution in [0.3, 0.4) is 0 Å². The lowest BCUT2D eigenvalue weighted by molar-refractivity contribution is 0.0904. The third-order valence-electron chi connectivity index (χ3n) is 5.52. The maximum Gasteiger partial charge on any atom is 0.333 e. The van der Waals surface area contributed by atoms with Crippen molar-refractivity contribution in [3.05, 3.63) is 88.9 Å². The zero-order valence-electron chi connectivity index (χ0n) is 18.0. The predicted octanol–water partition coefficient (Wildman–Crippen LogP) is 4.44. The average molecular weight is 434 g/mol. The fourth-order valence-corrected chi connectivity index (χ4v) is 3.76. The summed E-state index contributed by atoms with van der Waals surface area (Å²) in [6.07, 6.45) is 4.65. The molecule has 1 atom stereocenters. The molecule has 1 aliphatic carbocycles. The van der Waals surface area contributed by atoms with Crippen LogP contribution in [0.2, 0.25) is 0 Å². The van der Waals surface area contributed by atoms with Gasteiger partial charge in [0.25, 0.3) is 0 Å². The molecule has 166 valence electrons. The van der Waals surface area contributed by atoms with Crippen LogP contribution in [0, 0.1) is 0 Å². The van der Waals surface area contributed by atoms with Gasteiger partial charge in [0, 0.05) is 0 Å². The fraction of sp³-hybridized carbons (Fsp3) is 0.280. The molecule has 1 aliphatic rings. The highest BCUT2D eigenvalue weighted by Crippen LogP contribution is 2.24. The second-order valence-corrected chi connectivity index (χ2v) is 7.88. The quantitative estimate of drug-likeness (QED) is 0.501. The molecule has 7 heteroatoms. The second-order valence-electron chi connectivity index (χ2n) is 7.88. The van der Waals surface area contributed by atoms with E-state index in [2.05, 4.69) is 34.4 Å². The van der Waals surface area contributed by atoms with Gasteiger partial charge in [-0.1, -0.05) is 36.4 Å². The number of carbonyl (C=O) groups is 2. The number of furan rings is 1. The molecule has 3 N–H and O–H groups in total. The number of para-hydroxylation sites is 1. The highest BCUT2D eigenvalue weighted by Gasteiger charge is 2.16. The summed E-state index contributed by atoms with van der Waals surface area (Å²) in [5.74, 6) is 0.748. The second kappa shape index (κ2) is 10.0. The molecule has 32 heavy (non-hydrogen) atoms. The minimum absolute atomic E-state index is 0.0831. The summed E-state index contributed by atoms with van der Waals surface area (Å²) in [5, 5.41) is 2.84. The Labute approximate surface area is 187 Å². The zero-order chi connectivity index (χ0) is 22.3. The summed E-state index contributed by atoms with van der Waals surface area (Å²) in [4.78, 5) is 24.5. The van der Waals surface area contributed by atoms with Crippen LogP contribution >= 0.6 is 0 Å². The van der Waals surface area contributed by atoms with E-state index in [4.69, 9.17) is 9.15 Å². The van der Waals surface area contributed by atoms with Crippen molar-refractivity contribution in [2.24, 2.45) is 0 Å². The molecular formula is C25H27N3O4. The van der Waals surface area contributed by atoms with Crippen molar-refractivity contribution in [1.29, 1.82) is 0 Å². The number of benzene rings is 2. The van der Waals surface area contributed by atoms with E-state index >= 15 is 0 Å². The van der Waals surface area contributed by atoms with Gasteiger partial charge >= 0.3 is 11.9 Å². The zero-order valence-corrected chi connectivity index (χ0v) is 18.0. The standard InChI is InChI=1S/C25H27N3O4/c1-17(19-12-11-18-7-5-6-8-20(18)15-19)26-25(30)28-27-24(29)23-14-13-22(32-23)16-31-21-9-3-2-4-10-21/h2-4,9-15,17H,5-8,16H2,1H3,(H,27,29)(H2,26,28,30). The van der Waals surface area contributed by atoms with Crippen molar-refractivity contribution in [2.45, 2.75) is 45.3 Å².